The van der Waals surface area contributed by atoms with E-state index in [1.807, 2.05) is 12.1 Å². The fourth-order valence-corrected chi connectivity index (χ4v) is 3.76. The Morgan fingerprint density at radius 2 is 1.72 bits per heavy atom. The number of carbonyl (C=O) groups is 1. The van der Waals surface area contributed by atoms with Crippen molar-refractivity contribution in [1.82, 2.24) is 0 Å². The molecule has 0 aliphatic carbocycles. The highest BCUT2D eigenvalue weighted by Gasteiger charge is 2.25. The predicted molar refractivity (Wildman–Crippen MR) is 95.9 cm³/mol. The van der Waals surface area contributed by atoms with Crippen LogP contribution in [0.5, 0.6) is 11.5 Å². The lowest BCUT2D eigenvalue weighted by atomic mass is 10.2. The molecule has 0 saturated heterocycles. The predicted octanol–water partition coefficient (Wildman–Crippen LogP) is 3.23. The van der Waals surface area contributed by atoms with Gasteiger partial charge < -0.3 is 14.2 Å². The highest BCUT2D eigenvalue weighted by atomic mass is 79.9. The van der Waals surface area contributed by atoms with Crippen molar-refractivity contribution in [2.24, 2.45) is 0 Å². The fraction of sp³-hybridized carbons (Fsp3) is 0.235. The van der Waals surface area contributed by atoms with Crippen LogP contribution in [0.2, 0.25) is 0 Å². The summed E-state index contributed by atoms with van der Waals surface area (Å²) in [5, 5.41) is 0. The number of hydrogen-bond donors (Lipinski definition) is 0. The Hall–Kier alpha value is -2.06. The van der Waals surface area contributed by atoms with Gasteiger partial charge in [-0.15, -0.1) is 0 Å². The molecule has 0 unspecified atom stereocenters. The second-order valence-electron chi connectivity index (χ2n) is 5.15. The van der Waals surface area contributed by atoms with E-state index in [-0.39, 0.29) is 21.5 Å². The number of esters is 1. The van der Waals surface area contributed by atoms with Crippen LogP contribution in [-0.4, -0.2) is 34.9 Å². The quantitative estimate of drug-likeness (QED) is 0.657. The molecule has 0 N–H and O–H groups in total. The van der Waals surface area contributed by atoms with E-state index in [0.29, 0.717) is 5.75 Å². The number of sulfone groups is 1. The summed E-state index contributed by atoms with van der Waals surface area (Å²) in [4.78, 5) is 11.9. The van der Waals surface area contributed by atoms with Crippen LogP contribution in [0.3, 0.4) is 0 Å². The Morgan fingerprint density at radius 1 is 1.08 bits per heavy atom. The number of rotatable bonds is 6. The van der Waals surface area contributed by atoms with Crippen molar-refractivity contribution < 1.29 is 27.4 Å². The van der Waals surface area contributed by atoms with Gasteiger partial charge in [-0.25, -0.2) is 13.2 Å². The minimum Gasteiger partial charge on any atom is -0.497 e. The molecule has 0 bridgehead atoms. The van der Waals surface area contributed by atoms with Gasteiger partial charge in [0.25, 0.3) is 0 Å². The molecule has 0 atom stereocenters. The zero-order chi connectivity index (χ0) is 18.6. The molecular weight excluding hydrogens is 412 g/mol. The van der Waals surface area contributed by atoms with Gasteiger partial charge in [0.2, 0.25) is 0 Å². The van der Waals surface area contributed by atoms with E-state index >= 15 is 0 Å². The monoisotopic (exact) mass is 428 g/mol. The Bertz CT molecular complexity index is 875. The molecule has 0 aliphatic rings. The number of hydrogen-bond acceptors (Lipinski definition) is 6. The van der Waals surface area contributed by atoms with Crippen LogP contribution in [0.1, 0.15) is 15.9 Å². The lowest BCUT2D eigenvalue weighted by molar-refractivity contribution is 0.0594. The second kappa shape index (κ2) is 7.88. The summed E-state index contributed by atoms with van der Waals surface area (Å²) in [5.74, 6) is 0.307. The van der Waals surface area contributed by atoms with E-state index in [1.54, 1.807) is 19.2 Å². The topological polar surface area (TPSA) is 78.9 Å². The summed E-state index contributed by atoms with van der Waals surface area (Å²) >= 11 is 3.25. The first-order chi connectivity index (χ1) is 11.8. The number of benzene rings is 2. The van der Waals surface area contributed by atoms with E-state index in [9.17, 15) is 13.2 Å². The maximum Gasteiger partial charge on any atom is 0.340 e. The standard InChI is InChI=1S/C17H17BrO6S/c1-22-12-6-4-11(5-7-12)10-24-13-8-9-14(25(3,20)21)15(16(13)18)17(19)23-2/h4-9H,10H2,1-3H3. The summed E-state index contributed by atoms with van der Waals surface area (Å²) in [6.07, 6.45) is 1.03. The SMILES string of the molecule is COC(=O)c1c(S(C)(=O)=O)ccc(OCc2ccc(OC)cc2)c1Br. The molecule has 0 amide bonds. The van der Waals surface area contributed by atoms with Gasteiger partial charge in [0.15, 0.2) is 9.84 Å². The van der Waals surface area contributed by atoms with Gasteiger partial charge in [0, 0.05) is 6.26 Å². The lowest BCUT2D eigenvalue weighted by Crippen LogP contribution is -2.11. The lowest BCUT2D eigenvalue weighted by Gasteiger charge is -2.14. The molecule has 0 aromatic heterocycles. The van der Waals surface area contributed by atoms with Crippen molar-refractivity contribution >= 4 is 31.7 Å². The highest BCUT2D eigenvalue weighted by Crippen LogP contribution is 2.34. The van der Waals surface area contributed by atoms with E-state index < -0.39 is 15.8 Å². The Kier molecular flexibility index (Phi) is 6.07. The minimum atomic E-state index is -3.60. The van der Waals surface area contributed by atoms with Crippen LogP contribution in [0.4, 0.5) is 0 Å². The van der Waals surface area contributed by atoms with Gasteiger partial charge in [0.1, 0.15) is 18.1 Å². The third-order valence-electron chi connectivity index (χ3n) is 3.41. The Labute approximate surface area is 154 Å². The third-order valence-corrected chi connectivity index (χ3v) is 5.34. The molecule has 0 heterocycles. The Balaban J connectivity index is 2.33. The van der Waals surface area contributed by atoms with E-state index in [0.717, 1.165) is 17.6 Å². The number of methoxy groups -OCH3 is 2. The zero-order valence-corrected chi connectivity index (χ0v) is 16.3. The summed E-state index contributed by atoms with van der Waals surface area (Å²) in [5.41, 5.74) is 0.803. The van der Waals surface area contributed by atoms with Crippen molar-refractivity contribution in [2.45, 2.75) is 11.5 Å². The molecular formula is C17H17BrO6S. The van der Waals surface area contributed by atoms with Crippen LogP contribution in [-0.2, 0) is 21.2 Å². The van der Waals surface area contributed by atoms with Crippen molar-refractivity contribution in [2.75, 3.05) is 20.5 Å². The summed E-state index contributed by atoms with van der Waals surface area (Å²) in [6, 6.07) is 10.1. The molecule has 0 radical (unpaired) electrons. The van der Waals surface area contributed by atoms with E-state index in [4.69, 9.17) is 14.2 Å². The van der Waals surface area contributed by atoms with Crippen molar-refractivity contribution in [1.29, 1.82) is 0 Å². The maximum atomic E-state index is 12.0. The van der Waals surface area contributed by atoms with Crippen LogP contribution in [0, 0.1) is 0 Å². The average molecular weight is 429 g/mol. The molecule has 0 spiro atoms. The zero-order valence-electron chi connectivity index (χ0n) is 13.9. The summed E-state index contributed by atoms with van der Waals surface area (Å²) in [7, 11) is -0.833. The number of carbonyl (C=O) groups excluding carboxylic acids is 1. The Morgan fingerprint density at radius 3 is 2.24 bits per heavy atom. The molecule has 2 aromatic carbocycles. The minimum absolute atomic E-state index is 0.0859. The largest absolute Gasteiger partial charge is 0.497 e. The maximum absolute atomic E-state index is 12.0. The number of halogens is 1. The molecule has 0 aliphatic heterocycles. The third kappa shape index (κ3) is 4.52. The van der Waals surface area contributed by atoms with E-state index in [2.05, 4.69) is 15.9 Å². The van der Waals surface area contributed by atoms with Gasteiger partial charge in [-0.05, 0) is 45.8 Å². The van der Waals surface area contributed by atoms with Gasteiger partial charge in [-0.2, -0.15) is 0 Å². The van der Waals surface area contributed by atoms with E-state index in [1.165, 1.54) is 19.2 Å². The second-order valence-corrected chi connectivity index (χ2v) is 7.93. The van der Waals surface area contributed by atoms with Gasteiger partial charge in [-0.3, -0.25) is 0 Å². The molecule has 134 valence electrons. The van der Waals surface area contributed by atoms with Gasteiger partial charge >= 0.3 is 5.97 Å². The molecule has 25 heavy (non-hydrogen) atoms. The molecule has 6 nitrogen and oxygen atoms in total. The number of ether oxygens (including phenoxy) is 3. The molecule has 8 heteroatoms. The first-order valence-electron chi connectivity index (χ1n) is 7.14. The van der Waals surface area contributed by atoms with Crippen LogP contribution >= 0.6 is 15.9 Å². The first-order valence-corrected chi connectivity index (χ1v) is 9.83. The smallest absolute Gasteiger partial charge is 0.340 e. The van der Waals surface area contributed by atoms with Crippen molar-refractivity contribution in [3.05, 3.63) is 52.0 Å². The van der Waals surface area contributed by atoms with Gasteiger partial charge in [0.05, 0.1) is 29.2 Å². The molecule has 0 saturated carbocycles. The molecule has 2 rings (SSSR count). The molecule has 2 aromatic rings. The van der Waals surface area contributed by atoms with Crippen molar-refractivity contribution in [3.8, 4) is 11.5 Å². The van der Waals surface area contributed by atoms with Crippen LogP contribution < -0.4 is 9.47 Å². The first kappa shape index (κ1) is 19.3. The average Bonchev–Trinajstić information content (AvgIpc) is 2.59. The molecule has 0 fully saturated rings. The highest BCUT2D eigenvalue weighted by molar-refractivity contribution is 9.10. The summed E-state index contributed by atoms with van der Waals surface area (Å²) in [6.45, 7) is 0.238. The normalized spacial score (nSPS) is 11.0. The van der Waals surface area contributed by atoms with Crippen LogP contribution in [0.25, 0.3) is 0 Å². The fourth-order valence-electron chi connectivity index (χ4n) is 2.13. The summed E-state index contributed by atoms with van der Waals surface area (Å²) < 4.78 is 39.5. The van der Waals surface area contributed by atoms with Crippen molar-refractivity contribution in [3.63, 3.8) is 0 Å². The van der Waals surface area contributed by atoms with Gasteiger partial charge in [-0.1, -0.05) is 12.1 Å². The van der Waals surface area contributed by atoms with Crippen LogP contribution in [0.15, 0.2) is 45.8 Å².